The average molecular weight is 356 g/mol. The summed E-state index contributed by atoms with van der Waals surface area (Å²) >= 11 is 0. The van der Waals surface area contributed by atoms with Gasteiger partial charge in [0.2, 0.25) is 5.90 Å². The van der Waals surface area contributed by atoms with E-state index in [-0.39, 0.29) is 12.6 Å². The Morgan fingerprint density at radius 3 is 2.42 bits per heavy atom. The van der Waals surface area contributed by atoms with Crippen molar-refractivity contribution in [3.05, 3.63) is 52.9 Å². The predicted molar refractivity (Wildman–Crippen MR) is 102 cm³/mol. The zero-order valence-electron chi connectivity index (χ0n) is 15.5. The molecule has 140 valence electrons. The monoisotopic (exact) mass is 356 g/mol. The van der Waals surface area contributed by atoms with Gasteiger partial charge in [0.25, 0.3) is 0 Å². The summed E-state index contributed by atoms with van der Waals surface area (Å²) in [6.07, 6.45) is 8.23. The molecule has 26 heavy (non-hydrogen) atoms. The van der Waals surface area contributed by atoms with Crippen LogP contribution in [0.15, 0.2) is 39.8 Å². The van der Waals surface area contributed by atoms with E-state index in [0.717, 1.165) is 29.9 Å². The van der Waals surface area contributed by atoms with Crippen LogP contribution < -0.4 is 0 Å². The van der Waals surface area contributed by atoms with Gasteiger partial charge in [0, 0.05) is 18.1 Å². The predicted octanol–water partition coefficient (Wildman–Crippen LogP) is 3.86. The first-order chi connectivity index (χ1) is 12.7. The molecule has 1 unspecified atom stereocenters. The van der Waals surface area contributed by atoms with Crippen LogP contribution in [0.2, 0.25) is 0 Å². The number of nitrogens with zero attached hydrogens (tertiary/aromatic N) is 2. The summed E-state index contributed by atoms with van der Waals surface area (Å²) < 4.78 is 10.8. The average Bonchev–Trinajstić information content (AvgIpc) is 3.30. The number of aryl methyl sites for hydroxylation is 3. The molecule has 0 spiro atoms. The summed E-state index contributed by atoms with van der Waals surface area (Å²) in [7, 11) is 0. The van der Waals surface area contributed by atoms with E-state index in [1.54, 1.807) is 0 Å². The van der Waals surface area contributed by atoms with Gasteiger partial charge >= 0.3 is 0 Å². The smallest absolute Gasteiger partial charge is 0.216 e. The first-order valence-electron chi connectivity index (χ1n) is 9.57. The number of aliphatic hydroxyl groups excluding tert-OH is 1. The molecule has 1 atom stereocenters. The van der Waals surface area contributed by atoms with E-state index in [1.165, 1.54) is 37.7 Å². The number of aliphatic hydroxyl groups is 1. The van der Waals surface area contributed by atoms with Gasteiger partial charge in [0.1, 0.15) is 18.4 Å². The first kappa shape index (κ1) is 18.6. The van der Waals surface area contributed by atoms with Crippen molar-refractivity contribution >= 4 is 5.90 Å². The van der Waals surface area contributed by atoms with Crippen LogP contribution in [0, 0.1) is 6.92 Å². The molecule has 0 radical (unpaired) electrons. The fourth-order valence-corrected chi connectivity index (χ4v) is 3.17. The molecule has 1 N–H and O–H groups in total. The lowest BCUT2D eigenvalue weighted by atomic mass is 10.0. The van der Waals surface area contributed by atoms with E-state index in [4.69, 9.17) is 14.4 Å². The van der Waals surface area contributed by atoms with Gasteiger partial charge in [-0.15, -0.1) is 0 Å². The van der Waals surface area contributed by atoms with E-state index in [9.17, 15) is 0 Å². The molecule has 1 aliphatic rings. The Kier molecular flexibility index (Phi) is 6.83. The second kappa shape index (κ2) is 9.53. The lowest BCUT2D eigenvalue weighted by Crippen LogP contribution is -2.10. The number of ether oxygens (including phenoxy) is 1. The van der Waals surface area contributed by atoms with E-state index in [0.29, 0.717) is 12.5 Å². The quantitative estimate of drug-likeness (QED) is 0.657. The topological polar surface area (TPSA) is 67.9 Å². The van der Waals surface area contributed by atoms with Gasteiger partial charge in [-0.2, -0.15) is 0 Å². The highest BCUT2D eigenvalue weighted by Crippen LogP contribution is 2.15. The lowest BCUT2D eigenvalue weighted by Gasteiger charge is -2.05. The lowest BCUT2D eigenvalue weighted by molar-refractivity contribution is 0.227. The normalized spacial score (nSPS) is 16.5. The summed E-state index contributed by atoms with van der Waals surface area (Å²) in [6, 6.07) is 10.3. The van der Waals surface area contributed by atoms with Crippen LogP contribution in [0.5, 0.6) is 0 Å². The second-order valence-corrected chi connectivity index (χ2v) is 6.98. The number of rotatable bonds is 10. The van der Waals surface area contributed by atoms with E-state index in [1.807, 2.05) is 13.0 Å². The SMILES string of the molecule is Cc1cc(CCCCCCCc2ccc(C3=NC(CO)CO3)cc2)on1. The van der Waals surface area contributed by atoms with Crippen LogP contribution in [0.3, 0.4) is 0 Å². The highest BCUT2D eigenvalue weighted by molar-refractivity contribution is 5.95. The number of aromatic nitrogens is 1. The third-order valence-electron chi connectivity index (χ3n) is 4.69. The molecular weight excluding hydrogens is 328 g/mol. The Bertz CT molecular complexity index is 706. The molecule has 1 aromatic carbocycles. The van der Waals surface area contributed by atoms with Crippen LogP contribution in [-0.4, -0.2) is 35.4 Å². The van der Waals surface area contributed by atoms with E-state index < -0.39 is 0 Å². The third kappa shape index (κ3) is 5.43. The highest BCUT2D eigenvalue weighted by atomic mass is 16.5. The summed E-state index contributed by atoms with van der Waals surface area (Å²) in [5, 5.41) is 13.0. The Balaban J connectivity index is 1.30. The van der Waals surface area contributed by atoms with Gasteiger partial charge in [-0.3, -0.25) is 0 Å². The molecule has 0 saturated heterocycles. The maximum Gasteiger partial charge on any atom is 0.216 e. The van der Waals surface area contributed by atoms with Crippen molar-refractivity contribution in [3.8, 4) is 0 Å². The van der Waals surface area contributed by atoms with Crippen LogP contribution in [0.25, 0.3) is 0 Å². The van der Waals surface area contributed by atoms with Gasteiger partial charge in [-0.1, -0.05) is 36.6 Å². The molecule has 0 saturated carbocycles. The van der Waals surface area contributed by atoms with Crippen molar-refractivity contribution in [2.45, 2.75) is 57.9 Å². The Hall–Kier alpha value is -2.14. The Morgan fingerprint density at radius 2 is 1.77 bits per heavy atom. The van der Waals surface area contributed by atoms with Crippen LogP contribution in [0.4, 0.5) is 0 Å². The molecule has 3 rings (SSSR count). The molecule has 1 aromatic heterocycles. The number of unbranched alkanes of at least 4 members (excludes halogenated alkanes) is 4. The molecule has 2 aromatic rings. The molecule has 0 fully saturated rings. The van der Waals surface area contributed by atoms with E-state index >= 15 is 0 Å². The van der Waals surface area contributed by atoms with Gasteiger partial charge < -0.3 is 14.4 Å². The van der Waals surface area contributed by atoms with Crippen molar-refractivity contribution in [3.63, 3.8) is 0 Å². The summed E-state index contributed by atoms with van der Waals surface area (Å²) in [5.74, 6) is 1.65. The van der Waals surface area contributed by atoms with Crippen molar-refractivity contribution < 1.29 is 14.4 Å². The standard InChI is InChI=1S/C21H28N2O3/c1-16-13-20(26-23-16)8-6-4-2-3-5-7-17-9-11-18(12-10-17)21-22-19(14-24)15-25-21/h9-13,19,24H,2-8,14-15H2,1H3. The van der Waals surface area contributed by atoms with Crippen molar-refractivity contribution in [1.29, 1.82) is 0 Å². The third-order valence-corrected chi connectivity index (χ3v) is 4.69. The number of aliphatic imine (C=N–C) groups is 1. The van der Waals surface area contributed by atoms with Gasteiger partial charge in [-0.25, -0.2) is 4.99 Å². The highest BCUT2D eigenvalue weighted by Gasteiger charge is 2.18. The maximum absolute atomic E-state index is 9.11. The number of benzene rings is 1. The fraction of sp³-hybridized carbons (Fsp3) is 0.524. The molecule has 5 nitrogen and oxygen atoms in total. The van der Waals surface area contributed by atoms with E-state index in [2.05, 4.69) is 34.4 Å². The summed E-state index contributed by atoms with van der Waals surface area (Å²) in [6.45, 7) is 2.48. The minimum Gasteiger partial charge on any atom is -0.475 e. The van der Waals surface area contributed by atoms with Gasteiger partial charge in [-0.05, 0) is 43.9 Å². The number of hydrogen-bond acceptors (Lipinski definition) is 5. The van der Waals surface area contributed by atoms with Crippen molar-refractivity contribution in [1.82, 2.24) is 5.16 Å². The zero-order valence-corrected chi connectivity index (χ0v) is 15.5. The molecule has 0 amide bonds. The minimum absolute atomic E-state index is 0.0413. The molecule has 0 bridgehead atoms. The first-order valence-corrected chi connectivity index (χ1v) is 9.57. The molecular formula is C21H28N2O3. The molecule has 5 heteroatoms. The largest absolute Gasteiger partial charge is 0.475 e. The van der Waals surface area contributed by atoms with Crippen LogP contribution in [0.1, 0.15) is 54.7 Å². The zero-order chi connectivity index (χ0) is 18.2. The molecule has 1 aliphatic heterocycles. The minimum atomic E-state index is -0.113. The summed E-state index contributed by atoms with van der Waals surface area (Å²) in [5.41, 5.74) is 3.31. The van der Waals surface area contributed by atoms with Crippen molar-refractivity contribution in [2.24, 2.45) is 4.99 Å². The molecule has 0 aliphatic carbocycles. The van der Waals surface area contributed by atoms with Crippen LogP contribution >= 0.6 is 0 Å². The fourth-order valence-electron chi connectivity index (χ4n) is 3.17. The second-order valence-electron chi connectivity index (χ2n) is 6.98. The maximum atomic E-state index is 9.11. The van der Waals surface area contributed by atoms with Crippen molar-refractivity contribution in [2.75, 3.05) is 13.2 Å². The van der Waals surface area contributed by atoms with Crippen LogP contribution in [-0.2, 0) is 17.6 Å². The van der Waals surface area contributed by atoms with Gasteiger partial charge in [0.05, 0.1) is 12.3 Å². The molecule has 2 heterocycles. The summed E-state index contributed by atoms with van der Waals surface area (Å²) in [4.78, 5) is 4.37. The number of hydrogen-bond donors (Lipinski definition) is 1. The van der Waals surface area contributed by atoms with Gasteiger partial charge in [0.15, 0.2) is 0 Å². The Labute approximate surface area is 155 Å². The Morgan fingerprint density at radius 1 is 1.04 bits per heavy atom.